The SMILES string of the molecule is Br.C[N+](C)(C)CCCSC(SCCCCCC(=O)ON1C(=O)CCC1=O)=C1c2ccccc2N(Cc2ccccc2)c2ccccc21. The largest absolute Gasteiger partial charge is 0.336 e. The Hall–Kier alpha value is -3.05. The van der Waals surface area contributed by atoms with Crippen LogP contribution < -0.4 is 4.90 Å². The lowest BCUT2D eigenvalue weighted by Gasteiger charge is -2.35. The van der Waals surface area contributed by atoms with E-state index in [-0.39, 0.29) is 36.2 Å². The van der Waals surface area contributed by atoms with Gasteiger partial charge in [0, 0.05) is 70.3 Å². The molecule has 0 atom stereocenters. The van der Waals surface area contributed by atoms with E-state index in [1.54, 1.807) is 0 Å². The van der Waals surface area contributed by atoms with Crippen LogP contribution in [0.5, 0.6) is 0 Å². The topological polar surface area (TPSA) is 66.9 Å². The second-order valence-corrected chi connectivity index (χ2v) is 15.2. The molecule has 0 N–H and O–H groups in total. The number of anilines is 2. The van der Waals surface area contributed by atoms with Gasteiger partial charge in [-0.2, -0.15) is 0 Å². The molecule has 250 valence electrons. The number of nitrogens with zero attached hydrogens (tertiary/aromatic N) is 3. The first-order chi connectivity index (χ1) is 22.2. The number of amides is 2. The van der Waals surface area contributed by atoms with Gasteiger partial charge in [-0.15, -0.1) is 45.6 Å². The number of imide groups is 1. The third kappa shape index (κ3) is 9.98. The molecule has 3 aromatic carbocycles. The van der Waals surface area contributed by atoms with Crippen molar-refractivity contribution in [3.8, 4) is 0 Å². The predicted molar refractivity (Wildman–Crippen MR) is 200 cm³/mol. The van der Waals surface area contributed by atoms with Crippen molar-refractivity contribution in [1.82, 2.24) is 5.06 Å². The number of para-hydroxylation sites is 2. The highest BCUT2D eigenvalue weighted by Gasteiger charge is 2.33. The molecule has 0 aliphatic carbocycles. The molecule has 3 aromatic rings. The number of hydrogen-bond acceptors (Lipinski definition) is 7. The number of halogens is 1. The fourth-order valence-electron chi connectivity index (χ4n) is 5.68. The van der Waals surface area contributed by atoms with E-state index in [1.165, 1.54) is 37.9 Å². The first-order valence-electron chi connectivity index (χ1n) is 16.1. The van der Waals surface area contributed by atoms with Gasteiger partial charge in [0.05, 0.1) is 27.7 Å². The van der Waals surface area contributed by atoms with Crippen LogP contribution in [0, 0.1) is 0 Å². The number of carbonyl (C=O) groups is 3. The number of fused-ring (bicyclic) bond motifs is 2. The van der Waals surface area contributed by atoms with Gasteiger partial charge >= 0.3 is 5.97 Å². The van der Waals surface area contributed by atoms with Gasteiger partial charge < -0.3 is 14.2 Å². The Morgan fingerprint density at radius 2 is 1.30 bits per heavy atom. The molecule has 1 saturated heterocycles. The molecule has 7 nitrogen and oxygen atoms in total. The smallest absolute Gasteiger partial charge is 0.333 e. The van der Waals surface area contributed by atoms with E-state index >= 15 is 0 Å². The minimum atomic E-state index is -0.526. The van der Waals surface area contributed by atoms with Crippen LogP contribution >= 0.6 is 40.5 Å². The first-order valence-corrected chi connectivity index (χ1v) is 18.1. The van der Waals surface area contributed by atoms with E-state index in [9.17, 15) is 14.4 Å². The lowest BCUT2D eigenvalue weighted by Crippen LogP contribution is -2.35. The monoisotopic (exact) mass is 738 g/mol. The number of benzene rings is 3. The van der Waals surface area contributed by atoms with Crippen molar-refractivity contribution in [3.63, 3.8) is 0 Å². The quantitative estimate of drug-likeness (QED) is 0.0882. The summed E-state index contributed by atoms with van der Waals surface area (Å²) in [4.78, 5) is 43.2. The molecule has 2 heterocycles. The van der Waals surface area contributed by atoms with Crippen molar-refractivity contribution in [3.05, 3.63) is 99.8 Å². The molecule has 0 spiro atoms. The number of hydroxylamine groups is 2. The van der Waals surface area contributed by atoms with Gasteiger partial charge in [-0.25, -0.2) is 4.79 Å². The molecule has 0 saturated carbocycles. The molecule has 0 aromatic heterocycles. The third-order valence-electron chi connectivity index (χ3n) is 7.98. The first kappa shape index (κ1) is 36.8. The Labute approximate surface area is 298 Å². The van der Waals surface area contributed by atoms with E-state index in [0.717, 1.165) is 48.3 Å². The molecule has 5 rings (SSSR count). The molecular formula is C37H45BrN3O4S2+. The molecule has 2 aliphatic rings. The van der Waals surface area contributed by atoms with Crippen LogP contribution in [-0.4, -0.2) is 66.5 Å². The van der Waals surface area contributed by atoms with Gasteiger partial charge in [0.15, 0.2) is 0 Å². The van der Waals surface area contributed by atoms with Gasteiger partial charge in [0.2, 0.25) is 0 Å². The van der Waals surface area contributed by atoms with Crippen molar-refractivity contribution >= 4 is 75.2 Å². The summed E-state index contributed by atoms with van der Waals surface area (Å²) >= 11 is 3.87. The van der Waals surface area contributed by atoms with Crippen LogP contribution in [0.4, 0.5) is 11.4 Å². The molecular weight excluding hydrogens is 694 g/mol. The van der Waals surface area contributed by atoms with Gasteiger partial charge in [-0.3, -0.25) is 9.59 Å². The summed E-state index contributed by atoms with van der Waals surface area (Å²) in [6.07, 6.45) is 3.98. The maximum Gasteiger partial charge on any atom is 0.333 e. The average molecular weight is 740 g/mol. The third-order valence-corrected chi connectivity index (χ3v) is 10.6. The van der Waals surface area contributed by atoms with Gasteiger partial charge in [-0.1, -0.05) is 73.2 Å². The normalized spacial score (nSPS) is 14.1. The lowest BCUT2D eigenvalue weighted by atomic mass is 9.91. The van der Waals surface area contributed by atoms with Crippen molar-refractivity contribution < 1.29 is 23.7 Å². The summed E-state index contributed by atoms with van der Waals surface area (Å²) in [5.74, 6) is 0.560. The fraction of sp³-hybridized carbons (Fsp3) is 0.378. The second kappa shape index (κ2) is 17.4. The minimum Gasteiger partial charge on any atom is -0.336 e. The molecule has 2 amide bonds. The zero-order valence-electron chi connectivity index (χ0n) is 27.5. The fourth-order valence-corrected chi connectivity index (χ4v) is 8.23. The van der Waals surface area contributed by atoms with Crippen LogP contribution in [0.1, 0.15) is 61.6 Å². The molecule has 0 unspecified atom stereocenters. The number of carbonyl (C=O) groups excluding carboxylic acids is 3. The predicted octanol–water partition coefficient (Wildman–Crippen LogP) is 8.36. The highest BCUT2D eigenvalue weighted by atomic mass is 79.9. The van der Waals surface area contributed by atoms with Crippen LogP contribution in [0.2, 0.25) is 0 Å². The number of unbranched alkanes of at least 4 members (excludes halogenated alkanes) is 2. The Morgan fingerprint density at radius 3 is 1.89 bits per heavy atom. The van der Waals surface area contributed by atoms with Crippen molar-refractivity contribution in [2.24, 2.45) is 0 Å². The van der Waals surface area contributed by atoms with Gasteiger partial charge in [-0.05, 0) is 36.3 Å². The summed E-state index contributed by atoms with van der Waals surface area (Å²) < 4.78 is 2.29. The van der Waals surface area contributed by atoms with Crippen LogP contribution in [-0.2, 0) is 25.8 Å². The Kier molecular flexibility index (Phi) is 13.6. The second-order valence-electron chi connectivity index (χ2n) is 12.7. The highest BCUT2D eigenvalue weighted by Crippen LogP contribution is 2.50. The van der Waals surface area contributed by atoms with E-state index in [4.69, 9.17) is 4.84 Å². The maximum atomic E-state index is 12.2. The summed E-state index contributed by atoms with van der Waals surface area (Å²) in [6.45, 7) is 1.91. The minimum absolute atomic E-state index is 0. The van der Waals surface area contributed by atoms with Gasteiger partial charge in [0.25, 0.3) is 11.8 Å². The van der Waals surface area contributed by atoms with Crippen molar-refractivity contribution in [2.45, 2.75) is 51.5 Å². The summed E-state index contributed by atoms with van der Waals surface area (Å²) in [6, 6.07) is 28.2. The summed E-state index contributed by atoms with van der Waals surface area (Å²) in [7, 11) is 6.72. The zero-order valence-corrected chi connectivity index (χ0v) is 30.8. The van der Waals surface area contributed by atoms with E-state index in [0.29, 0.717) is 11.5 Å². The standard InChI is InChI=1S/C37H44N3O4S2.BrH/c1-40(2,3)24-14-26-46-37(45-25-13-5-8-21-35(43)44-39-33(41)22-23-34(39)42)36-29-17-9-11-19-31(29)38(27-28-15-6-4-7-16-28)32-20-12-10-18-30(32)36;/h4,6-7,9-12,15-20H,5,8,13-14,21-27H2,1-3H3;1H/q+1;. The van der Waals surface area contributed by atoms with E-state index in [2.05, 4.69) is 105 Å². The summed E-state index contributed by atoms with van der Waals surface area (Å²) in [5.41, 5.74) is 7.53. The van der Waals surface area contributed by atoms with Crippen LogP contribution in [0.3, 0.4) is 0 Å². The highest BCUT2D eigenvalue weighted by molar-refractivity contribution is 8.93. The number of quaternary nitrogens is 1. The van der Waals surface area contributed by atoms with Crippen LogP contribution in [0.15, 0.2) is 83.1 Å². The Balaban J connectivity index is 0.00000500. The zero-order chi connectivity index (χ0) is 32.5. The van der Waals surface area contributed by atoms with Crippen LogP contribution in [0.25, 0.3) is 5.57 Å². The lowest BCUT2D eigenvalue weighted by molar-refractivity contribution is -0.870. The molecule has 0 radical (unpaired) electrons. The number of thioether (sulfide) groups is 2. The number of hydrogen-bond donors (Lipinski definition) is 0. The molecule has 47 heavy (non-hydrogen) atoms. The van der Waals surface area contributed by atoms with Crippen molar-refractivity contribution in [1.29, 1.82) is 0 Å². The van der Waals surface area contributed by atoms with E-state index < -0.39 is 17.8 Å². The Morgan fingerprint density at radius 1 is 0.745 bits per heavy atom. The molecule has 0 bridgehead atoms. The summed E-state index contributed by atoms with van der Waals surface area (Å²) in [5, 5.41) is 0.632. The van der Waals surface area contributed by atoms with Gasteiger partial charge in [0.1, 0.15) is 0 Å². The Bertz CT molecular complexity index is 1510. The van der Waals surface area contributed by atoms with E-state index in [1.807, 2.05) is 23.5 Å². The number of rotatable bonds is 15. The molecule has 2 aliphatic heterocycles. The van der Waals surface area contributed by atoms with Crippen molar-refractivity contribution in [2.75, 3.05) is 44.1 Å². The maximum absolute atomic E-state index is 12.2. The average Bonchev–Trinajstić information content (AvgIpc) is 3.36. The molecule has 1 fully saturated rings. The molecule has 10 heteroatoms.